The molecule has 4 saturated carbocycles. The summed E-state index contributed by atoms with van der Waals surface area (Å²) in [6, 6.07) is 0.389. The lowest BCUT2D eigenvalue weighted by Crippen LogP contribution is -2.49. The smallest absolute Gasteiger partial charge is 0.205 e. The van der Waals surface area contributed by atoms with E-state index < -0.39 is 0 Å². The van der Waals surface area contributed by atoms with Gasteiger partial charge in [-0.25, -0.2) is 9.89 Å². The monoisotopic (exact) mass is 246 g/mol. The van der Waals surface area contributed by atoms with Gasteiger partial charge in [0.2, 0.25) is 5.96 Å². The fourth-order valence-electron chi connectivity index (χ4n) is 4.61. The van der Waals surface area contributed by atoms with Crippen molar-refractivity contribution in [2.24, 2.45) is 34.4 Å². The van der Waals surface area contributed by atoms with E-state index in [1.54, 1.807) is 0 Å². The van der Waals surface area contributed by atoms with Gasteiger partial charge in [-0.3, -0.25) is 0 Å². The summed E-state index contributed by atoms with van der Waals surface area (Å²) in [4.78, 5) is 6.21. The molecule has 0 aliphatic heterocycles. The van der Waals surface area contributed by atoms with Crippen molar-refractivity contribution in [1.82, 2.24) is 4.90 Å². The molecule has 4 heteroatoms. The third-order valence-corrected chi connectivity index (χ3v) is 5.17. The quantitative estimate of drug-likeness (QED) is 0.350. The van der Waals surface area contributed by atoms with E-state index in [0.29, 0.717) is 18.5 Å². The number of guanidine groups is 1. The van der Waals surface area contributed by atoms with Crippen LogP contribution in [0.2, 0.25) is 0 Å². The number of rotatable bonds is 2. The Balaban J connectivity index is 1.77. The van der Waals surface area contributed by atoms with Crippen molar-refractivity contribution in [1.29, 1.82) is 5.26 Å². The molecule has 2 N–H and O–H groups in total. The Kier molecular flexibility index (Phi) is 2.93. The van der Waals surface area contributed by atoms with Crippen LogP contribution in [-0.2, 0) is 0 Å². The van der Waals surface area contributed by atoms with E-state index in [2.05, 4.69) is 6.19 Å². The number of aliphatic imine (C=N–C) groups is 1. The molecule has 0 atom stereocenters. The van der Waals surface area contributed by atoms with Crippen molar-refractivity contribution in [3.63, 3.8) is 0 Å². The van der Waals surface area contributed by atoms with Crippen LogP contribution in [0.1, 0.15) is 39.0 Å². The van der Waals surface area contributed by atoms with Gasteiger partial charge in [0.1, 0.15) is 0 Å². The van der Waals surface area contributed by atoms with Crippen molar-refractivity contribution in [2.45, 2.75) is 45.1 Å². The van der Waals surface area contributed by atoms with E-state index in [0.717, 1.165) is 23.7 Å². The second-order valence-electron chi connectivity index (χ2n) is 6.25. The Bertz CT molecular complexity index is 367. The molecule has 0 aromatic rings. The van der Waals surface area contributed by atoms with E-state index in [1.807, 2.05) is 6.92 Å². The summed E-state index contributed by atoms with van der Waals surface area (Å²) in [5, 5.41) is 8.99. The van der Waals surface area contributed by atoms with Crippen LogP contribution in [0.3, 0.4) is 0 Å². The molecule has 4 bridgehead atoms. The van der Waals surface area contributed by atoms with Gasteiger partial charge < -0.3 is 5.73 Å². The van der Waals surface area contributed by atoms with Crippen LogP contribution in [0.5, 0.6) is 0 Å². The van der Waals surface area contributed by atoms with Gasteiger partial charge in [-0.1, -0.05) is 0 Å². The Morgan fingerprint density at radius 3 is 2.22 bits per heavy atom. The molecule has 0 spiro atoms. The molecule has 0 saturated heterocycles. The highest BCUT2D eigenvalue weighted by atomic mass is 15.2. The molecule has 4 aliphatic carbocycles. The summed E-state index contributed by atoms with van der Waals surface area (Å²) in [5.41, 5.74) is 5.97. The number of hydrogen-bond donors (Lipinski definition) is 1. The summed E-state index contributed by atoms with van der Waals surface area (Å²) >= 11 is 0. The van der Waals surface area contributed by atoms with E-state index in [9.17, 15) is 0 Å². The first-order valence-electron chi connectivity index (χ1n) is 7.21. The summed E-state index contributed by atoms with van der Waals surface area (Å²) in [5.74, 6) is 3.81. The van der Waals surface area contributed by atoms with E-state index in [1.165, 1.54) is 37.0 Å². The molecular formula is C14H22N4. The van der Waals surface area contributed by atoms with Gasteiger partial charge in [-0.2, -0.15) is 5.26 Å². The number of nitriles is 1. The molecule has 4 fully saturated rings. The maximum Gasteiger partial charge on any atom is 0.205 e. The fraction of sp³-hybridized carbons (Fsp3) is 0.857. The molecule has 4 aliphatic rings. The van der Waals surface area contributed by atoms with Crippen molar-refractivity contribution in [3.8, 4) is 6.19 Å². The second-order valence-corrected chi connectivity index (χ2v) is 6.25. The Morgan fingerprint density at radius 1 is 1.22 bits per heavy atom. The first-order valence-corrected chi connectivity index (χ1v) is 7.21. The number of nitrogens with zero attached hydrogens (tertiary/aromatic N) is 3. The molecule has 4 nitrogen and oxygen atoms in total. The lowest BCUT2D eigenvalue weighted by Gasteiger charge is -2.53. The van der Waals surface area contributed by atoms with Crippen LogP contribution in [0, 0.1) is 35.1 Å². The SMILES string of the molecule is CCN(C#N)C(N)=NC1C2CC3CC(C2)CC1C3. The van der Waals surface area contributed by atoms with Crippen LogP contribution < -0.4 is 5.73 Å². The average Bonchev–Trinajstić information content (AvgIpc) is 2.34. The Hall–Kier alpha value is -1.24. The molecular weight excluding hydrogens is 224 g/mol. The molecule has 98 valence electrons. The number of hydrogen-bond acceptors (Lipinski definition) is 2. The van der Waals surface area contributed by atoms with Gasteiger partial charge in [0.15, 0.2) is 6.19 Å². The second kappa shape index (κ2) is 4.46. The van der Waals surface area contributed by atoms with Crippen LogP contribution >= 0.6 is 0 Å². The normalized spacial score (nSPS) is 41.8. The minimum Gasteiger partial charge on any atom is -0.369 e. The minimum absolute atomic E-state index is 0.389. The Morgan fingerprint density at radius 2 is 1.78 bits per heavy atom. The maximum atomic E-state index is 8.99. The van der Waals surface area contributed by atoms with Crippen molar-refractivity contribution in [2.75, 3.05) is 6.54 Å². The van der Waals surface area contributed by atoms with Crippen LogP contribution in [0.15, 0.2) is 4.99 Å². The van der Waals surface area contributed by atoms with Crippen molar-refractivity contribution >= 4 is 5.96 Å². The topological polar surface area (TPSA) is 65.4 Å². The maximum absolute atomic E-state index is 8.99. The lowest BCUT2D eigenvalue weighted by atomic mass is 9.54. The molecule has 4 rings (SSSR count). The van der Waals surface area contributed by atoms with Gasteiger partial charge >= 0.3 is 0 Å². The first-order chi connectivity index (χ1) is 8.71. The summed E-state index contributed by atoms with van der Waals surface area (Å²) < 4.78 is 0. The van der Waals surface area contributed by atoms with Gasteiger partial charge in [0.05, 0.1) is 6.04 Å². The van der Waals surface area contributed by atoms with Crippen molar-refractivity contribution in [3.05, 3.63) is 0 Å². The predicted molar refractivity (Wildman–Crippen MR) is 70.4 cm³/mol. The molecule has 0 amide bonds. The Labute approximate surface area is 109 Å². The largest absolute Gasteiger partial charge is 0.369 e. The van der Waals surface area contributed by atoms with Crippen molar-refractivity contribution < 1.29 is 0 Å². The lowest BCUT2D eigenvalue weighted by molar-refractivity contribution is 0.000934. The standard InChI is InChI=1S/C14H22N4/c1-2-18(8-15)14(16)17-13-11-4-9-3-10(6-11)7-12(13)5-9/h9-13H,2-7H2,1H3,(H2,16,17). The highest BCUT2D eigenvalue weighted by Crippen LogP contribution is 2.54. The van der Waals surface area contributed by atoms with Crippen LogP contribution in [-0.4, -0.2) is 23.4 Å². The molecule has 0 aromatic heterocycles. The van der Waals surface area contributed by atoms with E-state index >= 15 is 0 Å². The fourth-order valence-corrected chi connectivity index (χ4v) is 4.61. The van der Waals surface area contributed by atoms with Gasteiger partial charge in [0.25, 0.3) is 0 Å². The molecule has 0 unspecified atom stereocenters. The van der Waals surface area contributed by atoms with Crippen LogP contribution in [0.4, 0.5) is 0 Å². The molecule has 0 aromatic carbocycles. The predicted octanol–water partition coefficient (Wildman–Crippen LogP) is 1.93. The third-order valence-electron chi connectivity index (χ3n) is 5.17. The van der Waals surface area contributed by atoms with Gasteiger partial charge in [-0.05, 0) is 62.7 Å². The van der Waals surface area contributed by atoms with E-state index in [-0.39, 0.29) is 0 Å². The number of nitrogens with two attached hydrogens (primary N) is 1. The third kappa shape index (κ3) is 1.86. The zero-order valence-corrected chi connectivity index (χ0v) is 11.0. The highest BCUT2D eigenvalue weighted by Gasteiger charge is 2.48. The summed E-state index contributed by atoms with van der Waals surface area (Å²) in [6.07, 6.45) is 8.92. The summed E-state index contributed by atoms with van der Waals surface area (Å²) in [6.45, 7) is 2.54. The first kappa shape index (κ1) is 11.8. The molecule has 0 heterocycles. The molecule has 0 radical (unpaired) electrons. The zero-order valence-electron chi connectivity index (χ0n) is 11.0. The summed E-state index contributed by atoms with van der Waals surface area (Å²) in [7, 11) is 0. The zero-order chi connectivity index (χ0) is 12.7. The van der Waals surface area contributed by atoms with Crippen LogP contribution in [0.25, 0.3) is 0 Å². The minimum atomic E-state index is 0.389. The van der Waals surface area contributed by atoms with Gasteiger partial charge in [0, 0.05) is 6.54 Å². The average molecular weight is 246 g/mol. The molecule has 18 heavy (non-hydrogen) atoms. The van der Waals surface area contributed by atoms with E-state index in [4.69, 9.17) is 16.0 Å². The highest BCUT2D eigenvalue weighted by molar-refractivity contribution is 5.79. The van der Waals surface area contributed by atoms with Gasteiger partial charge in [-0.15, -0.1) is 0 Å².